The molecule has 2 nitrogen and oxygen atoms in total. The van der Waals surface area contributed by atoms with E-state index in [-0.39, 0.29) is 5.56 Å². The summed E-state index contributed by atoms with van der Waals surface area (Å²) in [7, 11) is 7.34. The third-order valence-electron chi connectivity index (χ3n) is 4.43. The molecule has 0 saturated heterocycles. The maximum atomic E-state index is 13.8. The topological polar surface area (TPSA) is 6.48 Å². The van der Waals surface area contributed by atoms with Crippen LogP contribution in [-0.2, 0) is 6.18 Å². The summed E-state index contributed by atoms with van der Waals surface area (Å²) in [5, 5.41) is 0. The molecule has 2 rings (SSSR count). The van der Waals surface area contributed by atoms with E-state index in [0.717, 1.165) is 16.8 Å². The summed E-state index contributed by atoms with van der Waals surface area (Å²) < 4.78 is 41.4. The normalized spacial score (nSPS) is 11.6. The summed E-state index contributed by atoms with van der Waals surface area (Å²) >= 11 is 0. The smallest absolute Gasteiger partial charge is 0.378 e. The minimum atomic E-state index is -4.41. The molecule has 25 heavy (non-hydrogen) atoms. The SMILES string of the molecule is Cc1cc(N(C)C)cc(C)c1-c1c(C)cc(N(C)C)cc1C(F)(F)F. The van der Waals surface area contributed by atoms with Gasteiger partial charge in [-0.3, -0.25) is 0 Å². The molecule has 0 N–H and O–H groups in total. The first-order chi connectivity index (χ1) is 11.4. The second-order valence-electron chi connectivity index (χ2n) is 6.93. The molecule has 0 fully saturated rings. The van der Waals surface area contributed by atoms with Crippen molar-refractivity contribution in [2.45, 2.75) is 26.9 Å². The van der Waals surface area contributed by atoms with Gasteiger partial charge in [0.25, 0.3) is 0 Å². The minimum Gasteiger partial charge on any atom is -0.378 e. The van der Waals surface area contributed by atoms with Crippen molar-refractivity contribution in [3.8, 4) is 11.1 Å². The van der Waals surface area contributed by atoms with Gasteiger partial charge in [-0.15, -0.1) is 0 Å². The maximum Gasteiger partial charge on any atom is 0.417 e. The van der Waals surface area contributed by atoms with E-state index < -0.39 is 11.7 Å². The molecule has 0 atom stereocenters. The number of nitrogens with zero attached hydrogens (tertiary/aromatic N) is 2. The first kappa shape index (κ1) is 19.2. The van der Waals surface area contributed by atoms with Crippen LogP contribution in [0.5, 0.6) is 0 Å². The third kappa shape index (κ3) is 3.75. The monoisotopic (exact) mass is 350 g/mol. The molecule has 2 aromatic rings. The molecule has 0 unspecified atom stereocenters. The molecular formula is C20H25F3N2. The molecule has 0 saturated carbocycles. The molecule has 0 amide bonds. The van der Waals surface area contributed by atoms with Crippen molar-refractivity contribution in [3.63, 3.8) is 0 Å². The van der Waals surface area contributed by atoms with Crippen molar-refractivity contribution in [1.29, 1.82) is 0 Å². The van der Waals surface area contributed by atoms with Crippen LogP contribution >= 0.6 is 0 Å². The largest absolute Gasteiger partial charge is 0.417 e. The lowest BCUT2D eigenvalue weighted by Gasteiger charge is -2.24. The van der Waals surface area contributed by atoms with Gasteiger partial charge >= 0.3 is 6.18 Å². The minimum absolute atomic E-state index is 0.276. The molecule has 0 aromatic heterocycles. The van der Waals surface area contributed by atoms with Gasteiger partial charge in [-0.2, -0.15) is 13.2 Å². The van der Waals surface area contributed by atoms with Crippen molar-refractivity contribution in [2.75, 3.05) is 38.0 Å². The van der Waals surface area contributed by atoms with E-state index in [4.69, 9.17) is 0 Å². The number of aryl methyl sites for hydroxylation is 3. The van der Waals surface area contributed by atoms with Crippen LogP contribution in [0.1, 0.15) is 22.3 Å². The fourth-order valence-corrected chi connectivity index (χ4v) is 3.17. The first-order valence-corrected chi connectivity index (χ1v) is 8.11. The predicted molar refractivity (Wildman–Crippen MR) is 99.7 cm³/mol. The zero-order valence-corrected chi connectivity index (χ0v) is 15.8. The van der Waals surface area contributed by atoms with Crippen LogP contribution in [0.2, 0.25) is 0 Å². The van der Waals surface area contributed by atoms with Crippen molar-refractivity contribution in [3.05, 3.63) is 46.5 Å². The van der Waals surface area contributed by atoms with Gasteiger partial charge in [-0.25, -0.2) is 0 Å². The van der Waals surface area contributed by atoms with E-state index >= 15 is 0 Å². The highest BCUT2D eigenvalue weighted by molar-refractivity contribution is 5.81. The van der Waals surface area contributed by atoms with Crippen LogP contribution in [0.25, 0.3) is 11.1 Å². The lowest BCUT2D eigenvalue weighted by Crippen LogP contribution is -2.15. The third-order valence-corrected chi connectivity index (χ3v) is 4.43. The number of anilines is 2. The molecular weight excluding hydrogens is 325 g/mol. The van der Waals surface area contributed by atoms with E-state index in [0.29, 0.717) is 16.8 Å². The molecule has 0 radical (unpaired) electrons. The molecule has 0 heterocycles. The summed E-state index contributed by atoms with van der Waals surface area (Å²) in [6.45, 7) is 5.49. The predicted octanol–water partition coefficient (Wildman–Crippen LogP) is 5.43. The van der Waals surface area contributed by atoms with Gasteiger partial charge in [0.2, 0.25) is 0 Å². The van der Waals surface area contributed by atoms with Gasteiger partial charge in [0, 0.05) is 39.6 Å². The van der Waals surface area contributed by atoms with Crippen molar-refractivity contribution in [2.24, 2.45) is 0 Å². The highest BCUT2D eigenvalue weighted by atomic mass is 19.4. The number of halogens is 3. The number of hydrogen-bond acceptors (Lipinski definition) is 2. The summed E-state index contributed by atoms with van der Waals surface area (Å²) in [5.41, 5.74) is 4.20. The Morgan fingerprint density at radius 2 is 1.00 bits per heavy atom. The van der Waals surface area contributed by atoms with E-state index in [2.05, 4.69) is 0 Å². The molecule has 0 aliphatic rings. The average molecular weight is 350 g/mol. The van der Waals surface area contributed by atoms with Crippen LogP contribution in [0, 0.1) is 20.8 Å². The zero-order chi connectivity index (χ0) is 19.1. The molecule has 136 valence electrons. The van der Waals surface area contributed by atoms with Gasteiger partial charge in [0.05, 0.1) is 5.56 Å². The van der Waals surface area contributed by atoms with Crippen LogP contribution in [0.15, 0.2) is 24.3 Å². The second kappa shape index (κ2) is 6.62. The van der Waals surface area contributed by atoms with Gasteiger partial charge in [-0.05, 0) is 72.9 Å². The quantitative estimate of drug-likeness (QED) is 0.728. The van der Waals surface area contributed by atoms with E-state index in [1.807, 2.05) is 51.0 Å². The standard InChI is InChI=1S/C20H25F3N2/c1-12-8-15(24(4)5)9-13(2)18(12)19-14(3)10-16(25(6)7)11-17(19)20(21,22)23/h8-11H,1-7H3. The first-order valence-electron chi connectivity index (χ1n) is 8.11. The Kier molecular flexibility index (Phi) is 5.07. The van der Waals surface area contributed by atoms with Gasteiger partial charge in [0.1, 0.15) is 0 Å². The Bertz CT molecular complexity index is 767. The van der Waals surface area contributed by atoms with E-state index in [1.165, 1.54) is 6.07 Å². The van der Waals surface area contributed by atoms with Gasteiger partial charge < -0.3 is 9.80 Å². The number of alkyl halides is 3. The molecule has 0 spiro atoms. The Hall–Kier alpha value is -2.17. The number of benzene rings is 2. The summed E-state index contributed by atoms with van der Waals surface area (Å²) in [5.74, 6) is 0. The maximum absolute atomic E-state index is 13.8. The summed E-state index contributed by atoms with van der Waals surface area (Å²) in [4.78, 5) is 3.65. The molecule has 2 aromatic carbocycles. The van der Waals surface area contributed by atoms with Crippen LogP contribution < -0.4 is 9.80 Å². The lowest BCUT2D eigenvalue weighted by molar-refractivity contribution is -0.137. The van der Waals surface area contributed by atoms with Crippen LogP contribution in [0.3, 0.4) is 0 Å². The van der Waals surface area contributed by atoms with Crippen LogP contribution in [-0.4, -0.2) is 28.2 Å². The fraction of sp³-hybridized carbons (Fsp3) is 0.400. The number of rotatable bonds is 3. The molecule has 0 aliphatic heterocycles. The molecule has 0 aliphatic carbocycles. The van der Waals surface area contributed by atoms with Crippen LogP contribution in [0.4, 0.5) is 24.5 Å². The fourth-order valence-electron chi connectivity index (χ4n) is 3.17. The Labute approximate surface area is 147 Å². The zero-order valence-electron chi connectivity index (χ0n) is 15.8. The van der Waals surface area contributed by atoms with Crippen molar-refractivity contribution >= 4 is 11.4 Å². The van der Waals surface area contributed by atoms with Crippen molar-refractivity contribution < 1.29 is 13.2 Å². The molecule has 0 bridgehead atoms. The Balaban J connectivity index is 2.84. The van der Waals surface area contributed by atoms with E-state index in [9.17, 15) is 13.2 Å². The highest BCUT2D eigenvalue weighted by Gasteiger charge is 2.35. The Morgan fingerprint density at radius 3 is 1.36 bits per heavy atom. The van der Waals surface area contributed by atoms with Crippen molar-refractivity contribution in [1.82, 2.24) is 0 Å². The summed E-state index contributed by atoms with van der Waals surface area (Å²) in [6, 6.07) is 6.91. The highest BCUT2D eigenvalue weighted by Crippen LogP contribution is 2.43. The average Bonchev–Trinajstić information content (AvgIpc) is 2.46. The lowest BCUT2D eigenvalue weighted by atomic mass is 9.88. The number of hydrogen-bond donors (Lipinski definition) is 0. The van der Waals surface area contributed by atoms with E-state index in [1.54, 1.807) is 25.9 Å². The Morgan fingerprint density at radius 1 is 0.640 bits per heavy atom. The summed E-state index contributed by atoms with van der Waals surface area (Å²) in [6.07, 6.45) is -4.41. The second-order valence-corrected chi connectivity index (χ2v) is 6.93. The van der Waals surface area contributed by atoms with Gasteiger partial charge in [0.15, 0.2) is 0 Å². The van der Waals surface area contributed by atoms with Gasteiger partial charge in [-0.1, -0.05) is 0 Å². The molecule has 5 heteroatoms.